The van der Waals surface area contributed by atoms with Gasteiger partial charge in [0.2, 0.25) is 0 Å². The number of amides is 1. The van der Waals surface area contributed by atoms with Crippen molar-refractivity contribution in [1.29, 1.82) is 0 Å². The Balaban J connectivity index is 2.15. The van der Waals surface area contributed by atoms with Crippen LogP contribution < -0.4 is 5.32 Å². The zero-order valence-corrected chi connectivity index (χ0v) is 12.1. The van der Waals surface area contributed by atoms with Crippen molar-refractivity contribution < 1.29 is 13.6 Å². The third kappa shape index (κ3) is 3.39. The van der Waals surface area contributed by atoms with E-state index in [1.54, 1.807) is 19.1 Å². The zero-order chi connectivity index (χ0) is 14.7. The van der Waals surface area contributed by atoms with Crippen molar-refractivity contribution in [1.82, 2.24) is 10.3 Å². The van der Waals surface area contributed by atoms with Crippen LogP contribution >= 0.6 is 15.9 Å². The van der Waals surface area contributed by atoms with E-state index < -0.39 is 23.6 Å². The van der Waals surface area contributed by atoms with Crippen molar-refractivity contribution in [3.8, 4) is 0 Å². The Hall–Kier alpha value is -1.82. The summed E-state index contributed by atoms with van der Waals surface area (Å²) in [5.41, 5.74) is 0.445. The number of pyridine rings is 1. The number of rotatable bonds is 3. The fourth-order valence-electron chi connectivity index (χ4n) is 1.71. The highest BCUT2D eigenvalue weighted by Gasteiger charge is 2.15. The maximum Gasteiger partial charge on any atom is 0.253 e. The first-order valence-electron chi connectivity index (χ1n) is 5.84. The highest BCUT2D eigenvalue weighted by Crippen LogP contribution is 2.18. The van der Waals surface area contributed by atoms with E-state index in [4.69, 9.17) is 0 Å². The van der Waals surface area contributed by atoms with E-state index in [0.717, 1.165) is 18.2 Å². The number of aromatic nitrogens is 1. The molecule has 2 aromatic rings. The van der Waals surface area contributed by atoms with E-state index in [1.807, 2.05) is 0 Å². The van der Waals surface area contributed by atoms with Crippen LogP contribution in [0, 0.1) is 11.6 Å². The Morgan fingerprint density at radius 1 is 1.30 bits per heavy atom. The molecule has 0 saturated heterocycles. The van der Waals surface area contributed by atoms with Crippen molar-refractivity contribution in [2.24, 2.45) is 0 Å². The van der Waals surface area contributed by atoms with Crippen molar-refractivity contribution in [3.05, 3.63) is 63.9 Å². The molecule has 1 aromatic heterocycles. The van der Waals surface area contributed by atoms with E-state index in [0.29, 0.717) is 10.2 Å². The first-order chi connectivity index (χ1) is 9.47. The lowest BCUT2D eigenvalue weighted by molar-refractivity contribution is 0.0939. The van der Waals surface area contributed by atoms with Gasteiger partial charge in [-0.15, -0.1) is 0 Å². The summed E-state index contributed by atoms with van der Waals surface area (Å²) < 4.78 is 27.3. The summed E-state index contributed by atoms with van der Waals surface area (Å²) in [5.74, 6) is -1.51. The first-order valence-corrected chi connectivity index (χ1v) is 6.64. The minimum absolute atomic E-state index is 0.100. The summed E-state index contributed by atoms with van der Waals surface area (Å²) in [5, 5.41) is 2.60. The molecule has 2 rings (SSSR count). The van der Waals surface area contributed by atoms with E-state index in [9.17, 15) is 13.6 Å². The van der Waals surface area contributed by atoms with Gasteiger partial charge in [-0.2, -0.15) is 0 Å². The van der Waals surface area contributed by atoms with E-state index in [2.05, 4.69) is 26.2 Å². The van der Waals surface area contributed by atoms with Gasteiger partial charge in [0.25, 0.3) is 5.91 Å². The van der Waals surface area contributed by atoms with Gasteiger partial charge in [-0.05, 0) is 53.2 Å². The van der Waals surface area contributed by atoms with Gasteiger partial charge in [0, 0.05) is 11.8 Å². The molecule has 1 atom stereocenters. The predicted octanol–water partition coefficient (Wildman–Crippen LogP) is 3.61. The summed E-state index contributed by atoms with van der Waals surface area (Å²) >= 11 is 3.17. The highest BCUT2D eigenvalue weighted by molar-refractivity contribution is 9.10. The van der Waals surface area contributed by atoms with Crippen LogP contribution in [0.1, 0.15) is 28.9 Å². The second-order valence-corrected chi connectivity index (χ2v) is 5.04. The number of nitrogens with zero attached hydrogens (tertiary/aromatic N) is 1. The Kier molecular flexibility index (Phi) is 4.44. The molecule has 104 valence electrons. The fraction of sp³-hybridized carbons (Fsp3) is 0.143. The average molecular weight is 341 g/mol. The second kappa shape index (κ2) is 6.09. The summed E-state index contributed by atoms with van der Waals surface area (Å²) in [4.78, 5) is 15.9. The number of carbonyl (C=O) groups is 1. The first kappa shape index (κ1) is 14.6. The van der Waals surface area contributed by atoms with Crippen LogP contribution in [0.2, 0.25) is 0 Å². The normalized spacial score (nSPS) is 12.0. The van der Waals surface area contributed by atoms with E-state index in [1.165, 1.54) is 6.20 Å². The van der Waals surface area contributed by atoms with Gasteiger partial charge in [-0.3, -0.25) is 4.79 Å². The summed E-state index contributed by atoms with van der Waals surface area (Å²) in [6, 6.07) is 5.70. The lowest BCUT2D eigenvalue weighted by atomic mass is 10.1. The van der Waals surface area contributed by atoms with Gasteiger partial charge in [0.1, 0.15) is 16.2 Å². The molecule has 0 fully saturated rings. The number of nitrogens with one attached hydrogen (secondary N) is 1. The molecule has 6 heteroatoms. The maximum atomic E-state index is 13.6. The van der Waals surface area contributed by atoms with Gasteiger partial charge in [0.15, 0.2) is 0 Å². The average Bonchev–Trinajstić information content (AvgIpc) is 2.42. The third-order valence-corrected chi connectivity index (χ3v) is 3.23. The molecule has 1 unspecified atom stereocenters. The van der Waals surface area contributed by atoms with Gasteiger partial charge in [0.05, 0.1) is 11.6 Å². The summed E-state index contributed by atoms with van der Waals surface area (Å²) in [6.07, 6.45) is 1.40. The van der Waals surface area contributed by atoms with Gasteiger partial charge >= 0.3 is 0 Å². The van der Waals surface area contributed by atoms with E-state index in [-0.39, 0.29) is 5.56 Å². The number of carbonyl (C=O) groups excluding carboxylic acids is 1. The molecule has 0 aliphatic carbocycles. The topological polar surface area (TPSA) is 42.0 Å². The largest absolute Gasteiger partial charge is 0.345 e. The molecule has 0 saturated carbocycles. The van der Waals surface area contributed by atoms with Crippen molar-refractivity contribution in [2.45, 2.75) is 13.0 Å². The number of benzene rings is 1. The van der Waals surface area contributed by atoms with Crippen LogP contribution in [-0.2, 0) is 0 Å². The van der Waals surface area contributed by atoms with Gasteiger partial charge in [-0.1, -0.05) is 0 Å². The molecule has 0 bridgehead atoms. The molecular formula is C14H11BrF2N2O. The van der Waals surface area contributed by atoms with Gasteiger partial charge < -0.3 is 5.32 Å². The lowest BCUT2D eigenvalue weighted by Crippen LogP contribution is -2.27. The molecule has 0 radical (unpaired) electrons. The lowest BCUT2D eigenvalue weighted by Gasteiger charge is -2.15. The summed E-state index contributed by atoms with van der Waals surface area (Å²) in [6.45, 7) is 1.59. The van der Waals surface area contributed by atoms with Crippen LogP contribution in [0.15, 0.2) is 41.1 Å². The molecule has 1 N–H and O–H groups in total. The van der Waals surface area contributed by atoms with Crippen molar-refractivity contribution >= 4 is 21.8 Å². The second-order valence-electron chi connectivity index (χ2n) is 4.23. The quantitative estimate of drug-likeness (QED) is 0.867. The molecule has 0 aliphatic heterocycles. The molecule has 1 aromatic carbocycles. The standard InChI is InChI=1S/C14H11BrF2N2O/c1-8(11-6-10(16)3-4-12(11)17)19-14(20)9-2-5-13(15)18-7-9/h2-8H,1H3,(H,19,20). The monoisotopic (exact) mass is 340 g/mol. The summed E-state index contributed by atoms with van der Waals surface area (Å²) in [7, 11) is 0. The molecule has 3 nitrogen and oxygen atoms in total. The smallest absolute Gasteiger partial charge is 0.253 e. The Morgan fingerprint density at radius 3 is 2.70 bits per heavy atom. The van der Waals surface area contributed by atoms with Crippen molar-refractivity contribution in [2.75, 3.05) is 0 Å². The highest BCUT2D eigenvalue weighted by atomic mass is 79.9. The molecule has 20 heavy (non-hydrogen) atoms. The van der Waals surface area contributed by atoms with Crippen molar-refractivity contribution in [3.63, 3.8) is 0 Å². The molecule has 1 heterocycles. The van der Waals surface area contributed by atoms with Crippen LogP contribution in [-0.4, -0.2) is 10.9 Å². The molecule has 0 aliphatic rings. The number of hydrogen-bond donors (Lipinski definition) is 1. The fourth-order valence-corrected chi connectivity index (χ4v) is 1.95. The Bertz CT molecular complexity index is 632. The minimum Gasteiger partial charge on any atom is -0.345 e. The van der Waals surface area contributed by atoms with E-state index >= 15 is 0 Å². The van der Waals surface area contributed by atoms with Crippen LogP contribution in [0.25, 0.3) is 0 Å². The van der Waals surface area contributed by atoms with Crippen LogP contribution in [0.3, 0.4) is 0 Å². The van der Waals surface area contributed by atoms with Crippen LogP contribution in [0.4, 0.5) is 8.78 Å². The number of halogens is 3. The molecular weight excluding hydrogens is 330 g/mol. The maximum absolute atomic E-state index is 13.6. The molecule has 0 spiro atoms. The number of hydrogen-bond acceptors (Lipinski definition) is 2. The Morgan fingerprint density at radius 2 is 2.05 bits per heavy atom. The zero-order valence-electron chi connectivity index (χ0n) is 10.5. The van der Waals surface area contributed by atoms with Crippen LogP contribution in [0.5, 0.6) is 0 Å². The Labute approximate surface area is 123 Å². The SMILES string of the molecule is CC(NC(=O)c1ccc(Br)nc1)c1cc(F)ccc1F. The molecule has 1 amide bonds. The predicted molar refractivity (Wildman–Crippen MR) is 74.2 cm³/mol. The third-order valence-electron chi connectivity index (χ3n) is 2.76. The minimum atomic E-state index is -0.651. The van der Waals surface area contributed by atoms with Gasteiger partial charge in [-0.25, -0.2) is 13.8 Å².